The standard InChI is InChI=1S/C22H20ClN5O2/c1-25-19-18(20(29)28(22(25)30)14-15-6-3-2-4-7-15)27-13-5-12-26(21(27)24-19)17-10-8-16(23)9-11-17/h2-4,6-11H,5,12-14H2,1H3. The third-order valence-corrected chi connectivity index (χ3v) is 5.79. The van der Waals surface area contributed by atoms with Gasteiger partial charge in [-0.1, -0.05) is 41.9 Å². The average Bonchev–Trinajstić information content (AvgIpc) is 3.17. The van der Waals surface area contributed by atoms with Gasteiger partial charge in [0.2, 0.25) is 5.95 Å². The summed E-state index contributed by atoms with van der Waals surface area (Å²) < 4.78 is 4.68. The molecule has 3 heterocycles. The highest BCUT2D eigenvalue weighted by Crippen LogP contribution is 2.31. The van der Waals surface area contributed by atoms with Gasteiger partial charge in [-0.2, -0.15) is 4.98 Å². The third-order valence-electron chi connectivity index (χ3n) is 5.54. The van der Waals surface area contributed by atoms with Gasteiger partial charge in [-0.15, -0.1) is 0 Å². The molecule has 0 atom stereocenters. The molecule has 1 aliphatic heterocycles. The first-order chi connectivity index (χ1) is 14.5. The molecule has 8 heteroatoms. The molecule has 0 N–H and O–H groups in total. The van der Waals surface area contributed by atoms with E-state index in [9.17, 15) is 9.59 Å². The fourth-order valence-corrected chi connectivity index (χ4v) is 4.16. The molecule has 0 radical (unpaired) electrons. The van der Waals surface area contributed by atoms with E-state index >= 15 is 0 Å². The number of anilines is 2. The molecule has 30 heavy (non-hydrogen) atoms. The SMILES string of the molecule is Cn1c(=O)n(Cc2ccccc2)c(=O)c2c1nc1n2CCCN1c1ccc(Cl)cc1. The average molecular weight is 422 g/mol. The van der Waals surface area contributed by atoms with Crippen LogP contribution in [0.1, 0.15) is 12.0 Å². The number of halogens is 1. The van der Waals surface area contributed by atoms with E-state index in [1.807, 2.05) is 59.2 Å². The number of imidazole rings is 1. The highest BCUT2D eigenvalue weighted by Gasteiger charge is 2.27. The van der Waals surface area contributed by atoms with Crippen molar-refractivity contribution in [3.63, 3.8) is 0 Å². The summed E-state index contributed by atoms with van der Waals surface area (Å²) in [7, 11) is 1.66. The number of hydrogen-bond donors (Lipinski definition) is 0. The summed E-state index contributed by atoms with van der Waals surface area (Å²) in [5, 5.41) is 0.662. The second kappa shape index (κ2) is 7.18. The molecule has 0 amide bonds. The van der Waals surface area contributed by atoms with Crippen molar-refractivity contribution in [2.45, 2.75) is 19.5 Å². The van der Waals surface area contributed by atoms with Crippen LogP contribution in [0.25, 0.3) is 11.2 Å². The van der Waals surface area contributed by atoms with Crippen molar-refractivity contribution in [3.05, 3.63) is 86.0 Å². The van der Waals surface area contributed by atoms with E-state index in [2.05, 4.69) is 4.90 Å². The van der Waals surface area contributed by atoms with Gasteiger partial charge in [0.15, 0.2) is 11.2 Å². The van der Waals surface area contributed by atoms with Crippen LogP contribution in [0.15, 0.2) is 64.2 Å². The maximum absolute atomic E-state index is 13.4. The molecule has 0 saturated carbocycles. The fourth-order valence-electron chi connectivity index (χ4n) is 4.04. The minimum Gasteiger partial charge on any atom is -0.312 e. The van der Waals surface area contributed by atoms with Gasteiger partial charge in [0.1, 0.15) is 0 Å². The lowest BCUT2D eigenvalue weighted by Gasteiger charge is -2.29. The van der Waals surface area contributed by atoms with Gasteiger partial charge >= 0.3 is 5.69 Å². The molecule has 2 aromatic carbocycles. The molecule has 0 saturated heterocycles. The van der Waals surface area contributed by atoms with Gasteiger partial charge in [-0.05, 0) is 36.2 Å². The maximum atomic E-state index is 13.4. The van der Waals surface area contributed by atoms with Gasteiger partial charge in [0.05, 0.1) is 6.54 Å². The number of fused-ring (bicyclic) bond motifs is 3. The van der Waals surface area contributed by atoms with Gasteiger partial charge in [-0.25, -0.2) is 4.79 Å². The molecule has 1 aliphatic rings. The summed E-state index contributed by atoms with van der Waals surface area (Å²) in [5.74, 6) is 0.670. The first-order valence-electron chi connectivity index (χ1n) is 9.81. The monoisotopic (exact) mass is 421 g/mol. The normalized spacial score (nSPS) is 13.6. The van der Waals surface area contributed by atoms with Crippen molar-refractivity contribution in [2.24, 2.45) is 7.05 Å². The summed E-state index contributed by atoms with van der Waals surface area (Å²) in [5.41, 5.74) is 2.04. The Labute approximate surface area is 177 Å². The second-order valence-corrected chi connectivity index (χ2v) is 7.87. The Bertz CT molecular complexity index is 1350. The van der Waals surface area contributed by atoms with Gasteiger partial charge in [0.25, 0.3) is 5.56 Å². The topological polar surface area (TPSA) is 65.1 Å². The minimum atomic E-state index is -0.371. The van der Waals surface area contributed by atoms with Crippen LogP contribution in [0.3, 0.4) is 0 Å². The van der Waals surface area contributed by atoms with Crippen molar-refractivity contribution in [3.8, 4) is 0 Å². The van der Waals surface area contributed by atoms with E-state index in [1.54, 1.807) is 7.05 Å². The molecule has 2 aromatic heterocycles. The Kier molecular flexibility index (Phi) is 4.47. The summed E-state index contributed by atoms with van der Waals surface area (Å²) in [6.45, 7) is 1.68. The summed E-state index contributed by atoms with van der Waals surface area (Å²) in [4.78, 5) is 33.1. The largest absolute Gasteiger partial charge is 0.332 e. The highest BCUT2D eigenvalue weighted by atomic mass is 35.5. The summed E-state index contributed by atoms with van der Waals surface area (Å²) in [6, 6.07) is 17.1. The van der Waals surface area contributed by atoms with Crippen molar-refractivity contribution in [2.75, 3.05) is 11.4 Å². The lowest BCUT2D eigenvalue weighted by Crippen LogP contribution is -2.40. The molecule has 0 unspecified atom stereocenters. The lowest BCUT2D eigenvalue weighted by atomic mass is 10.2. The first kappa shape index (κ1) is 18.7. The molecule has 4 aromatic rings. The Morgan fingerprint density at radius 1 is 1.00 bits per heavy atom. The number of nitrogens with zero attached hydrogens (tertiary/aromatic N) is 5. The Hall–Kier alpha value is -3.32. The number of aryl methyl sites for hydroxylation is 2. The predicted octanol–water partition coefficient (Wildman–Crippen LogP) is 3.14. The summed E-state index contributed by atoms with van der Waals surface area (Å²) >= 11 is 6.04. The second-order valence-electron chi connectivity index (χ2n) is 7.44. The minimum absolute atomic E-state index is 0.226. The van der Waals surface area contributed by atoms with Crippen LogP contribution in [0.4, 0.5) is 11.6 Å². The van der Waals surface area contributed by atoms with Crippen LogP contribution >= 0.6 is 11.6 Å². The zero-order valence-electron chi connectivity index (χ0n) is 16.5. The quantitative estimate of drug-likeness (QED) is 0.509. The first-order valence-corrected chi connectivity index (χ1v) is 10.2. The molecular formula is C22H20ClN5O2. The zero-order chi connectivity index (χ0) is 20.8. The van der Waals surface area contributed by atoms with Crippen molar-refractivity contribution in [1.82, 2.24) is 18.7 Å². The lowest BCUT2D eigenvalue weighted by molar-refractivity contribution is 0.597. The third kappa shape index (κ3) is 2.93. The smallest absolute Gasteiger partial charge is 0.312 e. The number of aromatic nitrogens is 4. The van der Waals surface area contributed by atoms with E-state index < -0.39 is 0 Å². The van der Waals surface area contributed by atoms with E-state index in [0.717, 1.165) is 24.2 Å². The Balaban J connectivity index is 1.71. The molecule has 0 fully saturated rings. The van der Waals surface area contributed by atoms with E-state index in [0.29, 0.717) is 28.7 Å². The van der Waals surface area contributed by atoms with Gasteiger partial charge in [0, 0.05) is 30.8 Å². The maximum Gasteiger partial charge on any atom is 0.332 e. The van der Waals surface area contributed by atoms with Crippen LogP contribution in [-0.4, -0.2) is 25.2 Å². The molecule has 152 valence electrons. The van der Waals surface area contributed by atoms with Crippen molar-refractivity contribution in [1.29, 1.82) is 0 Å². The fraction of sp³-hybridized carbons (Fsp3) is 0.227. The Morgan fingerprint density at radius 3 is 2.47 bits per heavy atom. The van der Waals surface area contributed by atoms with E-state index in [1.165, 1.54) is 9.13 Å². The molecule has 0 bridgehead atoms. The van der Waals surface area contributed by atoms with Crippen LogP contribution < -0.4 is 16.1 Å². The van der Waals surface area contributed by atoms with Crippen LogP contribution in [-0.2, 0) is 20.1 Å². The number of benzene rings is 2. The molecule has 5 rings (SSSR count). The van der Waals surface area contributed by atoms with Crippen LogP contribution in [0.2, 0.25) is 5.02 Å². The van der Waals surface area contributed by atoms with Crippen LogP contribution in [0, 0.1) is 0 Å². The predicted molar refractivity (Wildman–Crippen MR) is 118 cm³/mol. The molecule has 0 aliphatic carbocycles. The van der Waals surface area contributed by atoms with Crippen molar-refractivity contribution >= 4 is 34.4 Å². The van der Waals surface area contributed by atoms with E-state index in [4.69, 9.17) is 16.6 Å². The molecule has 0 spiro atoms. The van der Waals surface area contributed by atoms with E-state index in [-0.39, 0.29) is 17.8 Å². The molecular weight excluding hydrogens is 402 g/mol. The van der Waals surface area contributed by atoms with Crippen molar-refractivity contribution < 1.29 is 0 Å². The number of rotatable bonds is 3. The zero-order valence-corrected chi connectivity index (χ0v) is 17.2. The van der Waals surface area contributed by atoms with Crippen LogP contribution in [0.5, 0.6) is 0 Å². The van der Waals surface area contributed by atoms with Gasteiger partial charge in [-0.3, -0.25) is 13.9 Å². The number of hydrogen-bond acceptors (Lipinski definition) is 4. The Morgan fingerprint density at radius 2 is 1.73 bits per heavy atom. The summed E-state index contributed by atoms with van der Waals surface area (Å²) in [6.07, 6.45) is 0.863. The molecule has 7 nitrogen and oxygen atoms in total. The highest BCUT2D eigenvalue weighted by molar-refractivity contribution is 6.30. The van der Waals surface area contributed by atoms with Gasteiger partial charge < -0.3 is 9.47 Å².